The second-order valence-electron chi connectivity index (χ2n) is 7.34. The lowest BCUT2D eigenvalue weighted by molar-refractivity contribution is -0.118. The number of ether oxygens (including phenoxy) is 3. The summed E-state index contributed by atoms with van der Waals surface area (Å²) in [6, 6.07) is 4.39. The number of methoxy groups -OCH3 is 1. The van der Waals surface area contributed by atoms with Gasteiger partial charge in [-0.3, -0.25) is 14.7 Å². The van der Waals surface area contributed by atoms with E-state index >= 15 is 0 Å². The van der Waals surface area contributed by atoms with Crippen molar-refractivity contribution in [2.75, 3.05) is 25.6 Å². The van der Waals surface area contributed by atoms with Gasteiger partial charge in [-0.05, 0) is 19.3 Å². The first kappa shape index (κ1) is 22.9. The molecular formula is C21H26N4O7. The fourth-order valence-corrected chi connectivity index (χ4v) is 3.21. The number of phenols is 1. The van der Waals surface area contributed by atoms with Gasteiger partial charge in [0.1, 0.15) is 23.4 Å². The van der Waals surface area contributed by atoms with E-state index in [0.717, 1.165) is 12.1 Å². The number of phenolic OH excluding ortho intramolecular Hbond substituents is 1. The van der Waals surface area contributed by atoms with Crippen LogP contribution in [-0.4, -0.2) is 60.0 Å². The number of H-pyrrole nitrogens is 1. The van der Waals surface area contributed by atoms with Crippen LogP contribution in [-0.2, 0) is 9.53 Å². The standard InChI is InChI=1S/C21H26N4O7/c1-3-4-22-21(29)32-14-5-12(6-14)16-9-19(25-24-16)23-20(28)11-31-18-8-13(30-2)7-17(27)15(18)10-26/h7-10,12,14,27H,3-6,11H2,1-2H3,(H,22,29)(H2,23,24,25,28). The average Bonchev–Trinajstić information content (AvgIpc) is 3.20. The molecule has 2 amide bonds. The number of anilines is 1. The molecule has 1 fully saturated rings. The molecule has 1 aliphatic rings. The predicted molar refractivity (Wildman–Crippen MR) is 113 cm³/mol. The zero-order chi connectivity index (χ0) is 23.1. The average molecular weight is 446 g/mol. The Morgan fingerprint density at radius 2 is 2.09 bits per heavy atom. The Labute approximate surface area is 184 Å². The second kappa shape index (κ2) is 10.5. The van der Waals surface area contributed by atoms with E-state index in [9.17, 15) is 19.5 Å². The Hall–Kier alpha value is -3.76. The number of nitrogens with one attached hydrogen (secondary N) is 3. The van der Waals surface area contributed by atoms with E-state index < -0.39 is 18.6 Å². The van der Waals surface area contributed by atoms with Crippen molar-refractivity contribution in [2.24, 2.45) is 0 Å². The van der Waals surface area contributed by atoms with Crippen molar-refractivity contribution < 1.29 is 33.7 Å². The molecule has 3 rings (SSSR count). The van der Waals surface area contributed by atoms with Crippen molar-refractivity contribution >= 4 is 24.1 Å². The number of benzene rings is 1. The van der Waals surface area contributed by atoms with Crippen molar-refractivity contribution in [1.29, 1.82) is 0 Å². The summed E-state index contributed by atoms with van der Waals surface area (Å²) < 4.78 is 15.7. The molecule has 172 valence electrons. The molecule has 1 saturated carbocycles. The highest BCUT2D eigenvalue weighted by atomic mass is 16.6. The molecule has 1 heterocycles. The van der Waals surface area contributed by atoms with E-state index in [2.05, 4.69) is 20.8 Å². The smallest absolute Gasteiger partial charge is 0.407 e. The SMILES string of the molecule is CCCNC(=O)OC1CC(c2cc(NC(=O)COc3cc(OC)cc(O)c3C=O)n[nH]2)C1. The molecule has 0 radical (unpaired) electrons. The van der Waals surface area contributed by atoms with Crippen molar-refractivity contribution in [3.05, 3.63) is 29.5 Å². The number of hydrogen-bond donors (Lipinski definition) is 4. The minimum Gasteiger partial charge on any atom is -0.507 e. The molecular weight excluding hydrogens is 420 g/mol. The van der Waals surface area contributed by atoms with Crippen LogP contribution >= 0.6 is 0 Å². The van der Waals surface area contributed by atoms with Crippen LogP contribution in [0.1, 0.15) is 48.2 Å². The highest BCUT2D eigenvalue weighted by molar-refractivity contribution is 5.91. The molecule has 1 aliphatic carbocycles. The summed E-state index contributed by atoms with van der Waals surface area (Å²) in [5.41, 5.74) is 0.752. The zero-order valence-electron chi connectivity index (χ0n) is 17.8. The number of aldehydes is 1. The molecule has 2 aromatic rings. The van der Waals surface area contributed by atoms with Crippen LogP contribution in [0.15, 0.2) is 18.2 Å². The predicted octanol–water partition coefficient (Wildman–Crippen LogP) is 2.34. The van der Waals surface area contributed by atoms with E-state index in [0.29, 0.717) is 31.5 Å². The van der Waals surface area contributed by atoms with Crippen molar-refractivity contribution in [2.45, 2.75) is 38.2 Å². The summed E-state index contributed by atoms with van der Waals surface area (Å²) in [4.78, 5) is 35.0. The van der Waals surface area contributed by atoms with E-state index in [-0.39, 0.29) is 34.8 Å². The third-order valence-corrected chi connectivity index (χ3v) is 5.00. The first-order valence-corrected chi connectivity index (χ1v) is 10.2. The molecule has 1 aromatic carbocycles. The van der Waals surface area contributed by atoms with Gasteiger partial charge in [0.2, 0.25) is 0 Å². The van der Waals surface area contributed by atoms with E-state index in [4.69, 9.17) is 14.2 Å². The maximum Gasteiger partial charge on any atom is 0.407 e. The molecule has 32 heavy (non-hydrogen) atoms. The molecule has 0 spiro atoms. The molecule has 11 nitrogen and oxygen atoms in total. The van der Waals surface area contributed by atoms with Gasteiger partial charge in [0, 0.05) is 36.4 Å². The summed E-state index contributed by atoms with van der Waals surface area (Å²) in [5, 5.41) is 22.1. The maximum absolute atomic E-state index is 12.2. The first-order chi connectivity index (χ1) is 15.4. The Bertz CT molecular complexity index is 969. The minimum absolute atomic E-state index is 0.0261. The van der Waals surface area contributed by atoms with Crippen molar-refractivity contribution in [3.8, 4) is 17.2 Å². The third kappa shape index (κ3) is 5.68. The van der Waals surface area contributed by atoms with E-state index in [1.165, 1.54) is 19.2 Å². The first-order valence-electron chi connectivity index (χ1n) is 10.2. The van der Waals surface area contributed by atoms with Gasteiger partial charge in [0.15, 0.2) is 18.7 Å². The van der Waals surface area contributed by atoms with Crippen molar-refractivity contribution in [3.63, 3.8) is 0 Å². The number of aromatic amines is 1. The zero-order valence-corrected chi connectivity index (χ0v) is 17.8. The molecule has 1 aromatic heterocycles. The lowest BCUT2D eigenvalue weighted by Crippen LogP contribution is -2.36. The molecule has 0 saturated heterocycles. The summed E-state index contributed by atoms with van der Waals surface area (Å²) in [6.07, 6.45) is 2.08. The Kier molecular flexibility index (Phi) is 7.53. The number of nitrogens with zero attached hydrogens (tertiary/aromatic N) is 1. The minimum atomic E-state index is -0.496. The van der Waals surface area contributed by atoms with Gasteiger partial charge in [0.25, 0.3) is 5.91 Å². The number of carbonyl (C=O) groups excluding carboxylic acids is 3. The monoisotopic (exact) mass is 446 g/mol. The van der Waals surface area contributed by atoms with Crippen LogP contribution in [0.3, 0.4) is 0 Å². The maximum atomic E-state index is 12.2. The van der Waals surface area contributed by atoms with Crippen LogP contribution in [0.25, 0.3) is 0 Å². The van der Waals surface area contributed by atoms with E-state index in [1.54, 1.807) is 6.07 Å². The van der Waals surface area contributed by atoms with Crippen LogP contribution in [0, 0.1) is 0 Å². The highest BCUT2D eigenvalue weighted by Crippen LogP contribution is 2.38. The van der Waals surface area contributed by atoms with Gasteiger partial charge in [-0.1, -0.05) is 6.92 Å². The fourth-order valence-electron chi connectivity index (χ4n) is 3.21. The normalized spacial score (nSPS) is 17.1. The van der Waals surface area contributed by atoms with Gasteiger partial charge >= 0.3 is 6.09 Å². The van der Waals surface area contributed by atoms with Crippen LogP contribution in [0.4, 0.5) is 10.6 Å². The number of alkyl carbamates (subject to hydrolysis) is 1. The van der Waals surface area contributed by atoms with Crippen LogP contribution < -0.4 is 20.1 Å². The molecule has 0 atom stereocenters. The summed E-state index contributed by atoms with van der Waals surface area (Å²) >= 11 is 0. The Balaban J connectivity index is 1.47. The quantitative estimate of drug-likeness (QED) is 0.406. The number of rotatable bonds is 10. The highest BCUT2D eigenvalue weighted by Gasteiger charge is 2.34. The Morgan fingerprint density at radius 1 is 1.31 bits per heavy atom. The van der Waals surface area contributed by atoms with Crippen molar-refractivity contribution in [1.82, 2.24) is 15.5 Å². The molecule has 0 bridgehead atoms. The lowest BCUT2D eigenvalue weighted by atomic mass is 9.80. The largest absolute Gasteiger partial charge is 0.507 e. The lowest BCUT2D eigenvalue weighted by Gasteiger charge is -2.33. The van der Waals surface area contributed by atoms with Gasteiger partial charge in [-0.25, -0.2) is 4.79 Å². The molecule has 0 aliphatic heterocycles. The summed E-state index contributed by atoms with van der Waals surface area (Å²) in [7, 11) is 1.40. The molecule has 4 N–H and O–H groups in total. The van der Waals surface area contributed by atoms with E-state index in [1.807, 2.05) is 6.92 Å². The van der Waals surface area contributed by atoms with Crippen LogP contribution in [0.5, 0.6) is 17.2 Å². The van der Waals surface area contributed by atoms with Gasteiger partial charge in [-0.2, -0.15) is 5.10 Å². The topological polar surface area (TPSA) is 152 Å². The fraction of sp³-hybridized carbons (Fsp3) is 0.429. The summed E-state index contributed by atoms with van der Waals surface area (Å²) in [6.45, 7) is 2.14. The molecule has 0 unspecified atom stereocenters. The molecule has 11 heteroatoms. The number of aromatic hydroxyl groups is 1. The van der Waals surface area contributed by atoms with Gasteiger partial charge in [0.05, 0.1) is 12.7 Å². The number of carbonyl (C=O) groups is 3. The number of amides is 2. The van der Waals surface area contributed by atoms with Crippen LogP contribution in [0.2, 0.25) is 0 Å². The van der Waals surface area contributed by atoms with Gasteiger partial charge in [-0.15, -0.1) is 0 Å². The second-order valence-corrected chi connectivity index (χ2v) is 7.34. The Morgan fingerprint density at radius 3 is 2.78 bits per heavy atom. The summed E-state index contributed by atoms with van der Waals surface area (Å²) in [5.74, 6) is -0.0164. The third-order valence-electron chi connectivity index (χ3n) is 5.00. The van der Waals surface area contributed by atoms with Gasteiger partial charge < -0.3 is 30.0 Å². The number of hydrogen-bond acceptors (Lipinski definition) is 8. The number of aromatic nitrogens is 2.